The van der Waals surface area contributed by atoms with Gasteiger partial charge in [0.1, 0.15) is 19.8 Å². The summed E-state index contributed by atoms with van der Waals surface area (Å²) in [5, 5.41) is 0. The van der Waals surface area contributed by atoms with E-state index in [1.807, 2.05) is 75.8 Å². The van der Waals surface area contributed by atoms with Crippen LogP contribution < -0.4 is 4.89 Å². The van der Waals surface area contributed by atoms with E-state index in [-0.39, 0.29) is 26.1 Å². The summed E-state index contributed by atoms with van der Waals surface area (Å²) in [6.45, 7) is 3.96. The maximum absolute atomic E-state index is 12.5. The van der Waals surface area contributed by atoms with Crippen molar-refractivity contribution in [3.8, 4) is 0 Å². The van der Waals surface area contributed by atoms with Gasteiger partial charge in [-0.15, -0.1) is 0 Å². The lowest BCUT2D eigenvalue weighted by Gasteiger charge is -2.28. The summed E-state index contributed by atoms with van der Waals surface area (Å²) in [4.78, 5) is 37.2. The number of unbranched alkanes of at least 4 members (excludes halogenated alkanes) is 12. The van der Waals surface area contributed by atoms with Gasteiger partial charge in [-0.05, 0) is 25.7 Å². The van der Waals surface area contributed by atoms with Gasteiger partial charge in [-0.3, -0.25) is 14.2 Å². The van der Waals surface area contributed by atoms with E-state index in [1.54, 1.807) is 0 Å². The van der Waals surface area contributed by atoms with Crippen molar-refractivity contribution in [2.45, 2.75) is 129 Å². The zero-order chi connectivity index (χ0) is 36.5. The largest absolute Gasteiger partial charge is 0.756 e. The standard InChI is InChI=1S/C39H68NO8P/c1-6-8-10-12-14-16-18-20-22-24-26-28-30-32-39(42)48-37(36-47-49(43,44)46-34-33-40(3,4)5)35-45-38(41)31-29-27-25-23-21-19-17-15-13-11-9-7-2/h8,10,12,14,16,18,20,22,24,26,37H,6-7,9,11,13,15,17,19,21,23,25,27-36H2,1-5H3/b10-8+,14-12+,18-16+,22-20+,26-24+. The number of ether oxygens (including phenoxy) is 2. The Morgan fingerprint density at radius 2 is 1.16 bits per heavy atom. The number of carbonyl (C=O) groups is 2. The minimum Gasteiger partial charge on any atom is -0.756 e. The Kier molecular flexibility index (Phi) is 30.2. The number of carbonyl (C=O) groups excluding carboxylic acids is 2. The molecule has 0 aliphatic heterocycles. The fraction of sp³-hybridized carbons (Fsp3) is 0.692. The van der Waals surface area contributed by atoms with Gasteiger partial charge in [-0.1, -0.05) is 145 Å². The van der Waals surface area contributed by atoms with E-state index >= 15 is 0 Å². The van der Waals surface area contributed by atoms with Gasteiger partial charge < -0.3 is 27.9 Å². The molecule has 0 aliphatic rings. The van der Waals surface area contributed by atoms with Crippen LogP contribution in [0.1, 0.15) is 123 Å². The molecule has 9 nitrogen and oxygen atoms in total. The number of rotatable bonds is 32. The normalized spacial score (nSPS) is 14.5. The van der Waals surface area contributed by atoms with Crippen molar-refractivity contribution in [1.29, 1.82) is 0 Å². The molecule has 0 saturated heterocycles. The highest BCUT2D eigenvalue weighted by molar-refractivity contribution is 7.45. The molecular formula is C39H68NO8P. The van der Waals surface area contributed by atoms with Gasteiger partial charge >= 0.3 is 11.9 Å². The van der Waals surface area contributed by atoms with Crippen molar-refractivity contribution in [2.75, 3.05) is 47.5 Å². The summed E-state index contributed by atoms with van der Waals surface area (Å²) >= 11 is 0. The third-order valence-electron chi connectivity index (χ3n) is 7.43. The Labute approximate surface area is 298 Å². The van der Waals surface area contributed by atoms with Crippen molar-refractivity contribution >= 4 is 19.8 Å². The fourth-order valence-corrected chi connectivity index (χ4v) is 5.23. The minimum atomic E-state index is -4.64. The van der Waals surface area contributed by atoms with E-state index in [4.69, 9.17) is 18.5 Å². The Bertz CT molecular complexity index is 1030. The molecule has 0 bridgehead atoms. The predicted molar refractivity (Wildman–Crippen MR) is 199 cm³/mol. The predicted octanol–water partition coefficient (Wildman–Crippen LogP) is 9.10. The van der Waals surface area contributed by atoms with Gasteiger partial charge in [0, 0.05) is 12.8 Å². The number of phosphoric acid groups is 1. The summed E-state index contributed by atoms with van der Waals surface area (Å²) < 4.78 is 33.6. The third kappa shape index (κ3) is 35.3. The molecule has 0 aromatic heterocycles. The molecule has 0 aromatic rings. The maximum atomic E-state index is 12.5. The molecule has 10 heteroatoms. The molecule has 0 aliphatic carbocycles. The van der Waals surface area contributed by atoms with Gasteiger partial charge in [0.2, 0.25) is 0 Å². The van der Waals surface area contributed by atoms with Gasteiger partial charge in [-0.25, -0.2) is 0 Å². The fourth-order valence-electron chi connectivity index (χ4n) is 4.51. The zero-order valence-electron chi connectivity index (χ0n) is 31.4. The average molecular weight is 710 g/mol. The molecule has 49 heavy (non-hydrogen) atoms. The van der Waals surface area contributed by atoms with E-state index in [2.05, 4.69) is 19.9 Å². The lowest BCUT2D eigenvalue weighted by molar-refractivity contribution is -0.870. The van der Waals surface area contributed by atoms with Crippen LogP contribution >= 0.6 is 7.82 Å². The lowest BCUT2D eigenvalue weighted by atomic mass is 10.0. The molecule has 0 spiro atoms. The van der Waals surface area contributed by atoms with Crippen molar-refractivity contribution in [1.82, 2.24) is 0 Å². The van der Waals surface area contributed by atoms with Crippen LogP contribution in [0.4, 0.5) is 0 Å². The Morgan fingerprint density at radius 1 is 0.653 bits per heavy atom. The summed E-state index contributed by atoms with van der Waals surface area (Å²) in [6.07, 6.45) is 35.5. The van der Waals surface area contributed by atoms with Crippen molar-refractivity contribution in [2.24, 2.45) is 0 Å². The van der Waals surface area contributed by atoms with E-state index < -0.39 is 32.5 Å². The molecule has 0 rings (SSSR count). The van der Waals surface area contributed by atoms with E-state index in [9.17, 15) is 19.0 Å². The molecule has 0 amide bonds. The maximum Gasteiger partial charge on any atom is 0.306 e. The number of allylic oxidation sites excluding steroid dienone is 10. The molecule has 0 N–H and O–H groups in total. The second kappa shape index (κ2) is 31.7. The van der Waals surface area contributed by atoms with E-state index in [1.165, 1.54) is 57.8 Å². The second-order valence-electron chi connectivity index (χ2n) is 13.3. The number of hydrogen-bond donors (Lipinski definition) is 0. The number of esters is 2. The number of phosphoric ester groups is 1. The van der Waals surface area contributed by atoms with Crippen LogP contribution in [0.3, 0.4) is 0 Å². The number of likely N-dealkylation sites (N-methyl/N-ethyl adjacent to an activating group) is 1. The molecule has 2 atom stereocenters. The smallest absolute Gasteiger partial charge is 0.306 e. The van der Waals surface area contributed by atoms with Crippen molar-refractivity contribution < 1.29 is 42.1 Å². The van der Waals surface area contributed by atoms with Gasteiger partial charge in [0.25, 0.3) is 7.82 Å². The van der Waals surface area contributed by atoms with Crippen LogP contribution in [0.5, 0.6) is 0 Å². The van der Waals surface area contributed by atoms with Crippen LogP contribution in [-0.4, -0.2) is 70.0 Å². The van der Waals surface area contributed by atoms with E-state index in [0.717, 1.165) is 25.7 Å². The molecular weight excluding hydrogens is 641 g/mol. The van der Waals surface area contributed by atoms with Gasteiger partial charge in [0.15, 0.2) is 6.10 Å². The summed E-state index contributed by atoms with van der Waals surface area (Å²) in [5.74, 6) is -0.928. The first-order valence-corrected chi connectivity index (χ1v) is 20.0. The first-order valence-electron chi connectivity index (χ1n) is 18.6. The molecule has 0 heterocycles. The highest BCUT2D eigenvalue weighted by Crippen LogP contribution is 2.38. The van der Waals surface area contributed by atoms with Gasteiger partial charge in [0.05, 0.1) is 27.7 Å². The quantitative estimate of drug-likeness (QED) is 0.0224. The third-order valence-corrected chi connectivity index (χ3v) is 8.39. The summed E-state index contributed by atoms with van der Waals surface area (Å²) in [5.41, 5.74) is 0. The average Bonchev–Trinajstić information content (AvgIpc) is 3.04. The topological polar surface area (TPSA) is 111 Å². The van der Waals surface area contributed by atoms with Crippen LogP contribution in [0.15, 0.2) is 60.8 Å². The zero-order valence-corrected chi connectivity index (χ0v) is 32.3. The summed E-state index contributed by atoms with van der Waals surface area (Å²) in [6, 6.07) is 0. The van der Waals surface area contributed by atoms with Crippen LogP contribution in [0.25, 0.3) is 0 Å². The SMILES string of the molecule is CC/C=C/C=C/C=C/C=C/C=C/CCCC(=O)OC(COC(=O)CCCCCCCCCCCCCC)COP(=O)([O-])OCC[N+](C)(C)C. The molecule has 0 aromatic carbocycles. The van der Waals surface area contributed by atoms with Crippen LogP contribution in [0.2, 0.25) is 0 Å². The van der Waals surface area contributed by atoms with Crippen molar-refractivity contribution in [3.05, 3.63) is 60.8 Å². The number of quaternary nitrogens is 1. The number of nitrogens with zero attached hydrogens (tertiary/aromatic N) is 1. The molecule has 0 fully saturated rings. The van der Waals surface area contributed by atoms with E-state index in [0.29, 0.717) is 23.9 Å². The minimum absolute atomic E-state index is 0.0462. The monoisotopic (exact) mass is 709 g/mol. The first-order chi connectivity index (χ1) is 23.5. The molecule has 2 unspecified atom stereocenters. The van der Waals surface area contributed by atoms with Crippen LogP contribution in [-0.2, 0) is 32.7 Å². The summed E-state index contributed by atoms with van der Waals surface area (Å²) in [7, 11) is 1.11. The molecule has 0 radical (unpaired) electrons. The first kappa shape index (κ1) is 46.7. The second-order valence-corrected chi connectivity index (χ2v) is 14.7. The highest BCUT2D eigenvalue weighted by atomic mass is 31.2. The highest BCUT2D eigenvalue weighted by Gasteiger charge is 2.21. The Morgan fingerprint density at radius 3 is 1.71 bits per heavy atom. The van der Waals surface area contributed by atoms with Crippen LogP contribution in [0, 0.1) is 0 Å². The lowest BCUT2D eigenvalue weighted by Crippen LogP contribution is -2.37. The Balaban J connectivity index is 4.60. The van der Waals surface area contributed by atoms with Crippen molar-refractivity contribution in [3.63, 3.8) is 0 Å². The molecule has 0 saturated carbocycles. The molecule has 282 valence electrons. The number of hydrogen-bond acceptors (Lipinski definition) is 8. The Hall–Kier alpha value is -2.29. The van der Waals surface area contributed by atoms with Gasteiger partial charge in [-0.2, -0.15) is 0 Å².